The molecule has 2 unspecified atom stereocenters. The normalized spacial score (nSPS) is 22.2. The first kappa shape index (κ1) is 18.3. The van der Waals surface area contributed by atoms with Crippen LogP contribution in [-0.2, 0) is 0 Å². The van der Waals surface area contributed by atoms with Gasteiger partial charge in [-0.2, -0.15) is 0 Å². The summed E-state index contributed by atoms with van der Waals surface area (Å²) in [5, 5.41) is 12.9. The van der Waals surface area contributed by atoms with Crippen molar-refractivity contribution in [2.24, 2.45) is 0 Å². The van der Waals surface area contributed by atoms with E-state index < -0.39 is 6.23 Å². The number of aliphatic hydroxyl groups excluding tert-OH is 1. The van der Waals surface area contributed by atoms with Gasteiger partial charge in [0.15, 0.2) is 6.23 Å². The Balaban J connectivity index is 1.39. The van der Waals surface area contributed by atoms with E-state index >= 15 is 0 Å². The Morgan fingerprint density at radius 2 is 1.69 bits per heavy atom. The zero-order valence-electron chi connectivity index (χ0n) is 16.5. The second kappa shape index (κ2) is 7.62. The zero-order valence-corrected chi connectivity index (χ0v) is 16.5. The molecule has 4 heteroatoms. The molecule has 2 aliphatic heterocycles. The molecule has 0 spiro atoms. The Morgan fingerprint density at radius 1 is 0.897 bits per heavy atom. The van der Waals surface area contributed by atoms with Crippen LogP contribution in [0.15, 0.2) is 66.7 Å². The Kier molecular flexibility index (Phi) is 4.82. The van der Waals surface area contributed by atoms with Crippen molar-refractivity contribution >= 4 is 16.7 Å². The summed E-state index contributed by atoms with van der Waals surface area (Å²) in [4.78, 5) is 17.3. The van der Waals surface area contributed by atoms with Crippen molar-refractivity contribution in [3.8, 4) is 0 Å². The second-order valence-electron chi connectivity index (χ2n) is 8.08. The maximum atomic E-state index is 13.2. The largest absolute Gasteiger partial charge is 0.369 e. The third kappa shape index (κ3) is 3.22. The zero-order chi connectivity index (χ0) is 19.8. The van der Waals surface area contributed by atoms with Crippen molar-refractivity contribution < 1.29 is 9.90 Å². The number of piperidine rings is 1. The summed E-state index contributed by atoms with van der Waals surface area (Å²) in [6.07, 6.45) is 2.67. The molecule has 2 heterocycles. The first-order chi connectivity index (χ1) is 14.2. The lowest BCUT2D eigenvalue weighted by Gasteiger charge is -2.39. The molecule has 0 bridgehead atoms. The van der Waals surface area contributed by atoms with Crippen LogP contribution >= 0.6 is 0 Å². The number of hydrogen-bond acceptors (Lipinski definition) is 3. The summed E-state index contributed by atoms with van der Waals surface area (Å²) in [6.45, 7) is 2.32. The molecule has 1 saturated heterocycles. The number of carbonyl (C=O) groups is 1. The van der Waals surface area contributed by atoms with Crippen molar-refractivity contribution in [3.63, 3.8) is 0 Å². The van der Waals surface area contributed by atoms with Crippen LogP contribution in [0.5, 0.6) is 0 Å². The van der Waals surface area contributed by atoms with Crippen molar-refractivity contribution in [3.05, 3.63) is 83.4 Å². The lowest BCUT2D eigenvalue weighted by Crippen LogP contribution is -2.44. The lowest BCUT2D eigenvalue weighted by molar-refractivity contribution is -0.00242. The minimum atomic E-state index is -0.888. The van der Waals surface area contributed by atoms with E-state index in [2.05, 4.69) is 35.2 Å². The monoisotopic (exact) mass is 386 g/mol. The Hall–Kier alpha value is -2.69. The number of likely N-dealkylation sites (tertiary alicyclic amines) is 1. The van der Waals surface area contributed by atoms with Gasteiger partial charge in [0.05, 0.1) is 0 Å². The van der Waals surface area contributed by atoms with E-state index in [1.807, 2.05) is 36.4 Å². The summed E-state index contributed by atoms with van der Waals surface area (Å²) in [5.74, 6) is -0.0740. The van der Waals surface area contributed by atoms with E-state index in [0.717, 1.165) is 35.8 Å². The SMILES string of the molecule is O=C1c2cccc3cccc(c23)C(O)N1CCN1CCCCC1c1ccccc1. The number of amides is 1. The molecule has 2 aliphatic rings. The van der Waals surface area contributed by atoms with Crippen molar-refractivity contribution in [2.75, 3.05) is 19.6 Å². The van der Waals surface area contributed by atoms with E-state index in [0.29, 0.717) is 18.2 Å². The summed E-state index contributed by atoms with van der Waals surface area (Å²) < 4.78 is 0. The van der Waals surface area contributed by atoms with Gasteiger partial charge in [-0.25, -0.2) is 0 Å². The topological polar surface area (TPSA) is 43.8 Å². The van der Waals surface area contributed by atoms with Crippen LogP contribution in [0.3, 0.4) is 0 Å². The number of nitrogens with zero attached hydrogens (tertiary/aromatic N) is 2. The summed E-state index contributed by atoms with van der Waals surface area (Å²) in [5.41, 5.74) is 2.87. The van der Waals surface area contributed by atoms with E-state index in [1.54, 1.807) is 4.90 Å². The highest BCUT2D eigenvalue weighted by atomic mass is 16.3. The maximum absolute atomic E-state index is 13.2. The molecular formula is C25H26N2O2. The van der Waals surface area contributed by atoms with Crippen LogP contribution in [-0.4, -0.2) is 40.4 Å². The summed E-state index contributed by atoms with van der Waals surface area (Å²) >= 11 is 0. The van der Waals surface area contributed by atoms with Crippen LogP contribution < -0.4 is 0 Å². The van der Waals surface area contributed by atoms with Gasteiger partial charge in [-0.05, 0) is 36.4 Å². The number of rotatable bonds is 4. The van der Waals surface area contributed by atoms with Gasteiger partial charge in [0.2, 0.25) is 0 Å². The molecule has 0 radical (unpaired) electrons. The number of benzene rings is 3. The molecule has 29 heavy (non-hydrogen) atoms. The van der Waals surface area contributed by atoms with Gasteiger partial charge in [-0.1, -0.05) is 67.1 Å². The molecule has 5 rings (SSSR count). The van der Waals surface area contributed by atoms with Gasteiger partial charge in [0.25, 0.3) is 5.91 Å². The third-order valence-electron chi connectivity index (χ3n) is 6.43. The molecule has 4 nitrogen and oxygen atoms in total. The van der Waals surface area contributed by atoms with Crippen molar-refractivity contribution in [1.82, 2.24) is 9.80 Å². The highest BCUT2D eigenvalue weighted by molar-refractivity contribution is 6.10. The lowest BCUT2D eigenvalue weighted by atomic mass is 9.93. The summed E-state index contributed by atoms with van der Waals surface area (Å²) in [7, 11) is 0. The molecule has 1 fully saturated rings. The number of hydrogen-bond donors (Lipinski definition) is 1. The van der Waals surface area contributed by atoms with Gasteiger partial charge in [0, 0.05) is 35.6 Å². The number of carbonyl (C=O) groups excluding carboxylic acids is 1. The number of aliphatic hydroxyl groups is 1. The van der Waals surface area contributed by atoms with Crippen LogP contribution in [0.25, 0.3) is 10.8 Å². The van der Waals surface area contributed by atoms with Crippen LogP contribution in [0.2, 0.25) is 0 Å². The smallest absolute Gasteiger partial charge is 0.256 e. The van der Waals surface area contributed by atoms with Gasteiger partial charge in [-0.15, -0.1) is 0 Å². The quantitative estimate of drug-likeness (QED) is 0.717. The second-order valence-corrected chi connectivity index (χ2v) is 8.08. The highest BCUT2D eigenvalue weighted by Gasteiger charge is 2.33. The first-order valence-electron chi connectivity index (χ1n) is 10.5. The maximum Gasteiger partial charge on any atom is 0.256 e. The average molecular weight is 386 g/mol. The van der Waals surface area contributed by atoms with Crippen LogP contribution in [0.1, 0.15) is 53.0 Å². The van der Waals surface area contributed by atoms with Crippen LogP contribution in [0.4, 0.5) is 0 Å². The first-order valence-corrected chi connectivity index (χ1v) is 10.5. The fourth-order valence-corrected chi connectivity index (χ4v) is 4.97. The van der Waals surface area contributed by atoms with Gasteiger partial charge in [0.1, 0.15) is 0 Å². The molecule has 0 aliphatic carbocycles. The molecule has 3 aromatic carbocycles. The third-order valence-corrected chi connectivity index (χ3v) is 6.43. The Labute approximate surface area is 171 Å². The minimum absolute atomic E-state index is 0.0740. The molecular weight excluding hydrogens is 360 g/mol. The Morgan fingerprint density at radius 3 is 2.52 bits per heavy atom. The molecule has 0 aromatic heterocycles. The highest BCUT2D eigenvalue weighted by Crippen LogP contribution is 2.36. The fourth-order valence-electron chi connectivity index (χ4n) is 4.97. The molecule has 2 atom stereocenters. The van der Waals surface area contributed by atoms with E-state index in [9.17, 15) is 9.90 Å². The standard InChI is InChI=1S/C25H26N2O2/c28-24-20-12-6-10-19-11-7-13-21(23(19)20)25(29)27(24)17-16-26-15-5-4-14-22(26)18-8-2-1-3-9-18/h1-3,6-13,22,24,28H,4-5,14-17H2. The summed E-state index contributed by atoms with van der Waals surface area (Å²) in [6, 6.07) is 22.7. The molecule has 3 aromatic rings. The van der Waals surface area contributed by atoms with E-state index in [4.69, 9.17) is 0 Å². The van der Waals surface area contributed by atoms with Crippen molar-refractivity contribution in [2.45, 2.75) is 31.5 Å². The van der Waals surface area contributed by atoms with E-state index in [-0.39, 0.29) is 5.91 Å². The van der Waals surface area contributed by atoms with Gasteiger partial charge < -0.3 is 10.0 Å². The van der Waals surface area contributed by atoms with Gasteiger partial charge in [-0.3, -0.25) is 9.69 Å². The Bertz CT molecular complexity index is 1030. The molecule has 148 valence electrons. The predicted molar refractivity (Wildman–Crippen MR) is 115 cm³/mol. The fraction of sp³-hybridized carbons (Fsp3) is 0.320. The molecule has 0 saturated carbocycles. The average Bonchev–Trinajstić information content (AvgIpc) is 2.78. The molecule has 1 N–H and O–H groups in total. The van der Waals surface area contributed by atoms with Crippen LogP contribution in [0, 0.1) is 0 Å². The van der Waals surface area contributed by atoms with Crippen molar-refractivity contribution in [1.29, 1.82) is 0 Å². The van der Waals surface area contributed by atoms with E-state index in [1.165, 1.54) is 18.4 Å². The minimum Gasteiger partial charge on any atom is -0.369 e. The molecule has 1 amide bonds. The van der Waals surface area contributed by atoms with Gasteiger partial charge >= 0.3 is 0 Å². The predicted octanol–water partition coefficient (Wildman–Crippen LogP) is 4.51.